The summed E-state index contributed by atoms with van der Waals surface area (Å²) < 4.78 is 11.0. The maximum absolute atomic E-state index is 13.1. The van der Waals surface area contributed by atoms with Crippen molar-refractivity contribution in [3.05, 3.63) is 65.3 Å². The second kappa shape index (κ2) is 12.5. The number of rotatable bonds is 10. The van der Waals surface area contributed by atoms with E-state index in [1.54, 1.807) is 24.1 Å². The summed E-state index contributed by atoms with van der Waals surface area (Å²) in [6, 6.07) is 7.75. The number of aromatic nitrogens is 3. The Kier molecular flexibility index (Phi) is 8.74. The highest BCUT2D eigenvalue weighted by atomic mass is 16.5. The number of hydrogen-bond donors (Lipinski definition) is 3. The highest BCUT2D eigenvalue weighted by Crippen LogP contribution is 2.25. The summed E-state index contributed by atoms with van der Waals surface area (Å²) in [5.74, 6) is 2.21. The van der Waals surface area contributed by atoms with E-state index in [-0.39, 0.29) is 35.5 Å². The Morgan fingerprint density at radius 2 is 2.00 bits per heavy atom. The molecule has 224 valence electrons. The third-order valence-corrected chi connectivity index (χ3v) is 7.41. The first-order valence-corrected chi connectivity index (χ1v) is 14.3. The standard InChI is InChI=1S/C30H39N7O5/c1-19(38)37-14-22(15-37)33-27-10-26(34-29(35-27)30(2,3)4)28(40)32-11-23(39)16-36-8-7-20-9-24(6-5-21(20)13-36)41-17-25-12-31-18-42-25/h5-6,9-10,12,18,22-23,39H,7-8,11,13-17H2,1-4H3,(H,32,40)(H,33,34,35)/t23-/m0/s1. The molecular weight excluding hydrogens is 538 g/mol. The maximum Gasteiger partial charge on any atom is 0.270 e. The first-order chi connectivity index (χ1) is 20.0. The topological polar surface area (TPSA) is 146 Å². The predicted octanol–water partition coefficient (Wildman–Crippen LogP) is 2.13. The average molecular weight is 578 g/mol. The van der Waals surface area contributed by atoms with Gasteiger partial charge in [-0.25, -0.2) is 15.0 Å². The van der Waals surface area contributed by atoms with Crippen molar-refractivity contribution in [3.8, 4) is 5.75 Å². The van der Waals surface area contributed by atoms with Gasteiger partial charge in [0.25, 0.3) is 5.91 Å². The molecule has 0 spiro atoms. The minimum absolute atomic E-state index is 0.0393. The van der Waals surface area contributed by atoms with Gasteiger partial charge in [-0.2, -0.15) is 0 Å². The van der Waals surface area contributed by atoms with Crippen molar-refractivity contribution in [1.29, 1.82) is 0 Å². The molecule has 0 bridgehead atoms. The third-order valence-electron chi connectivity index (χ3n) is 7.41. The van der Waals surface area contributed by atoms with E-state index in [1.165, 1.54) is 17.5 Å². The molecule has 1 fully saturated rings. The van der Waals surface area contributed by atoms with Crippen molar-refractivity contribution in [2.75, 3.05) is 38.0 Å². The van der Waals surface area contributed by atoms with Gasteiger partial charge >= 0.3 is 0 Å². The van der Waals surface area contributed by atoms with Crippen molar-refractivity contribution in [1.82, 2.24) is 30.1 Å². The molecule has 0 unspecified atom stereocenters. The van der Waals surface area contributed by atoms with Gasteiger partial charge in [-0.3, -0.25) is 14.5 Å². The van der Waals surface area contributed by atoms with Crippen LogP contribution < -0.4 is 15.4 Å². The number of nitrogens with one attached hydrogen (secondary N) is 2. The number of oxazole rings is 1. The molecule has 1 saturated heterocycles. The first kappa shape index (κ1) is 29.5. The lowest BCUT2D eigenvalue weighted by Gasteiger charge is -2.39. The van der Waals surface area contributed by atoms with Crippen molar-refractivity contribution in [2.45, 2.75) is 64.8 Å². The molecule has 0 aliphatic carbocycles. The van der Waals surface area contributed by atoms with Crippen LogP contribution in [0.2, 0.25) is 0 Å². The van der Waals surface area contributed by atoms with Gasteiger partial charge in [0.15, 0.2) is 12.2 Å². The Morgan fingerprint density at radius 1 is 1.19 bits per heavy atom. The second-order valence-electron chi connectivity index (χ2n) is 12.0. The van der Waals surface area contributed by atoms with Gasteiger partial charge in [0.2, 0.25) is 5.91 Å². The lowest BCUT2D eigenvalue weighted by atomic mass is 9.95. The van der Waals surface area contributed by atoms with E-state index in [4.69, 9.17) is 9.15 Å². The van der Waals surface area contributed by atoms with Gasteiger partial charge in [-0.15, -0.1) is 0 Å². The zero-order valence-electron chi connectivity index (χ0n) is 24.6. The Balaban J connectivity index is 1.13. The second-order valence-corrected chi connectivity index (χ2v) is 12.0. The molecule has 0 saturated carbocycles. The number of hydrogen-bond acceptors (Lipinski definition) is 10. The largest absolute Gasteiger partial charge is 0.486 e. The van der Waals surface area contributed by atoms with Crippen LogP contribution in [0.4, 0.5) is 5.82 Å². The molecule has 2 amide bonds. The van der Waals surface area contributed by atoms with E-state index in [9.17, 15) is 14.7 Å². The number of carbonyl (C=O) groups excluding carboxylic acids is 2. The summed E-state index contributed by atoms with van der Waals surface area (Å²) in [5, 5.41) is 16.9. The van der Waals surface area contributed by atoms with Crippen molar-refractivity contribution in [2.24, 2.45) is 0 Å². The highest BCUT2D eigenvalue weighted by molar-refractivity contribution is 5.93. The van der Waals surface area contributed by atoms with Crippen LogP contribution in [0.5, 0.6) is 5.75 Å². The Bertz CT molecular complexity index is 1400. The van der Waals surface area contributed by atoms with E-state index < -0.39 is 6.10 Å². The van der Waals surface area contributed by atoms with Crippen LogP contribution in [0.25, 0.3) is 0 Å². The van der Waals surface area contributed by atoms with Gasteiger partial charge in [0.1, 0.15) is 29.7 Å². The number of ether oxygens (including phenoxy) is 1. The number of anilines is 1. The summed E-state index contributed by atoms with van der Waals surface area (Å²) in [7, 11) is 0. The predicted molar refractivity (Wildman–Crippen MR) is 155 cm³/mol. The molecule has 12 heteroatoms. The van der Waals surface area contributed by atoms with Gasteiger partial charge in [0.05, 0.1) is 18.3 Å². The molecule has 2 aliphatic rings. The summed E-state index contributed by atoms with van der Waals surface area (Å²) in [6.07, 6.45) is 3.12. The van der Waals surface area contributed by atoms with Crippen molar-refractivity contribution < 1.29 is 23.8 Å². The number of nitrogens with zero attached hydrogens (tertiary/aromatic N) is 5. The molecule has 1 aromatic carbocycles. The van der Waals surface area contributed by atoms with Gasteiger partial charge in [0, 0.05) is 57.7 Å². The van der Waals surface area contributed by atoms with Gasteiger partial charge in [-0.1, -0.05) is 26.8 Å². The minimum atomic E-state index is -0.742. The van der Waals surface area contributed by atoms with Crippen LogP contribution in [0.3, 0.4) is 0 Å². The summed E-state index contributed by atoms with van der Waals surface area (Å²) >= 11 is 0. The van der Waals surface area contributed by atoms with Crippen LogP contribution in [0.15, 0.2) is 41.3 Å². The normalized spacial score (nSPS) is 16.4. The Hall–Kier alpha value is -4.03. The lowest BCUT2D eigenvalue weighted by Crippen LogP contribution is -2.56. The summed E-state index contributed by atoms with van der Waals surface area (Å²) in [5.41, 5.74) is 2.28. The minimum Gasteiger partial charge on any atom is -0.486 e. The fraction of sp³-hybridized carbons (Fsp3) is 0.500. The van der Waals surface area contributed by atoms with Crippen molar-refractivity contribution in [3.63, 3.8) is 0 Å². The van der Waals surface area contributed by atoms with E-state index in [0.717, 1.165) is 18.7 Å². The van der Waals surface area contributed by atoms with E-state index in [2.05, 4.69) is 42.6 Å². The van der Waals surface area contributed by atoms with E-state index in [1.807, 2.05) is 26.8 Å². The maximum atomic E-state index is 13.1. The quantitative estimate of drug-likeness (QED) is 0.328. The summed E-state index contributed by atoms with van der Waals surface area (Å²) in [6.45, 7) is 11.1. The molecule has 0 radical (unpaired) electrons. The number of benzene rings is 1. The number of likely N-dealkylation sites (tertiary alicyclic amines) is 1. The number of β-amino-alcohol motifs (C(OH)–C–C–N with tert-alkyl or cyclic N) is 1. The number of aliphatic hydroxyl groups is 1. The Labute approximate surface area is 245 Å². The van der Waals surface area contributed by atoms with E-state index >= 15 is 0 Å². The molecule has 3 N–H and O–H groups in total. The number of aliphatic hydroxyl groups excluding tert-OH is 1. The molecule has 3 aromatic rings. The van der Waals surface area contributed by atoms with Crippen LogP contribution in [-0.4, -0.2) is 86.5 Å². The number of carbonyl (C=O) groups is 2. The monoisotopic (exact) mass is 577 g/mol. The van der Waals surface area contributed by atoms with Crippen LogP contribution in [-0.2, 0) is 29.8 Å². The zero-order chi connectivity index (χ0) is 29.9. The van der Waals surface area contributed by atoms with Crippen LogP contribution in [0, 0.1) is 0 Å². The van der Waals surface area contributed by atoms with Crippen LogP contribution >= 0.6 is 0 Å². The summed E-state index contributed by atoms with van der Waals surface area (Å²) in [4.78, 5) is 41.6. The highest BCUT2D eigenvalue weighted by Gasteiger charge is 2.30. The van der Waals surface area contributed by atoms with Crippen molar-refractivity contribution >= 4 is 17.6 Å². The SMILES string of the molecule is CC(=O)N1CC(Nc2cc(C(=O)NC[C@H](O)CN3CCc4cc(OCc5cnco5)ccc4C3)nc(C(C)(C)C)n2)C1. The molecule has 2 aromatic heterocycles. The van der Waals surface area contributed by atoms with Gasteiger partial charge in [-0.05, 0) is 29.7 Å². The first-order valence-electron chi connectivity index (χ1n) is 14.3. The number of amides is 2. The lowest BCUT2D eigenvalue weighted by molar-refractivity contribution is -0.132. The fourth-order valence-corrected chi connectivity index (χ4v) is 4.97. The Morgan fingerprint density at radius 3 is 2.71 bits per heavy atom. The van der Waals surface area contributed by atoms with Gasteiger partial charge < -0.3 is 29.8 Å². The smallest absolute Gasteiger partial charge is 0.270 e. The fourth-order valence-electron chi connectivity index (χ4n) is 4.97. The zero-order valence-corrected chi connectivity index (χ0v) is 24.6. The third kappa shape index (κ3) is 7.42. The molecule has 4 heterocycles. The molecule has 42 heavy (non-hydrogen) atoms. The average Bonchev–Trinajstić information content (AvgIpc) is 3.45. The molecular formula is C30H39N7O5. The number of fused-ring (bicyclic) bond motifs is 1. The molecule has 5 rings (SSSR count). The molecule has 1 atom stereocenters. The van der Waals surface area contributed by atoms with E-state index in [0.29, 0.717) is 50.2 Å². The molecule has 2 aliphatic heterocycles. The molecule has 12 nitrogen and oxygen atoms in total. The van der Waals surface area contributed by atoms with Crippen LogP contribution in [0.1, 0.15) is 60.9 Å².